The van der Waals surface area contributed by atoms with Gasteiger partial charge in [0.1, 0.15) is 5.60 Å². The van der Waals surface area contributed by atoms with E-state index in [1.165, 1.54) is 12.2 Å². The van der Waals surface area contributed by atoms with Crippen molar-refractivity contribution in [3.63, 3.8) is 0 Å². The quantitative estimate of drug-likeness (QED) is 0.527. The second-order valence-electron chi connectivity index (χ2n) is 10.1. The molecular weight excluding hydrogens is 396 g/mol. The number of rotatable bonds is 4. The molecule has 0 aliphatic heterocycles. The summed E-state index contributed by atoms with van der Waals surface area (Å²) in [6.45, 7) is 5.21. The Balaban J connectivity index is 1.61. The molecular formula is C25H32O6. The maximum atomic E-state index is 13.0. The number of aliphatic hydroxyl groups is 2. The zero-order valence-corrected chi connectivity index (χ0v) is 18.5. The molecule has 0 radical (unpaired) electrons. The van der Waals surface area contributed by atoms with Crippen molar-refractivity contribution in [2.45, 2.75) is 64.6 Å². The maximum Gasteiger partial charge on any atom is 0.330 e. The summed E-state index contributed by atoms with van der Waals surface area (Å²) in [4.78, 5) is 36.6. The number of hydrogen-bond donors (Lipinski definition) is 2. The fourth-order valence-corrected chi connectivity index (χ4v) is 7.23. The first-order valence-electron chi connectivity index (χ1n) is 11.2. The molecule has 0 bridgehead atoms. The molecule has 4 aliphatic carbocycles. The lowest BCUT2D eigenvalue weighted by Crippen LogP contribution is -2.61. The van der Waals surface area contributed by atoms with Gasteiger partial charge in [-0.25, -0.2) is 4.79 Å². The predicted octanol–water partition coefficient (Wildman–Crippen LogP) is 2.68. The van der Waals surface area contributed by atoms with E-state index in [1.807, 2.05) is 13.0 Å². The van der Waals surface area contributed by atoms with Crippen LogP contribution >= 0.6 is 0 Å². The molecule has 0 spiro atoms. The summed E-state index contributed by atoms with van der Waals surface area (Å²) in [6.07, 6.45) is 10.2. The van der Waals surface area contributed by atoms with E-state index in [0.29, 0.717) is 19.3 Å². The van der Waals surface area contributed by atoms with Crippen molar-refractivity contribution in [1.29, 1.82) is 0 Å². The van der Waals surface area contributed by atoms with E-state index in [1.54, 1.807) is 19.1 Å². The van der Waals surface area contributed by atoms with Crippen LogP contribution in [0.4, 0.5) is 0 Å². The first kappa shape index (κ1) is 22.2. The second-order valence-corrected chi connectivity index (χ2v) is 10.1. The molecule has 0 unspecified atom stereocenters. The Bertz CT molecular complexity index is 900. The second kappa shape index (κ2) is 7.52. The summed E-state index contributed by atoms with van der Waals surface area (Å²) in [7, 11) is 0. The van der Waals surface area contributed by atoms with Crippen LogP contribution in [-0.2, 0) is 19.1 Å². The zero-order chi connectivity index (χ0) is 22.6. The molecule has 0 amide bonds. The number of aliphatic hydroxyl groups excluding tert-OH is 1. The van der Waals surface area contributed by atoms with Gasteiger partial charge in [-0.1, -0.05) is 31.6 Å². The highest BCUT2D eigenvalue weighted by Gasteiger charge is 2.68. The van der Waals surface area contributed by atoms with Crippen LogP contribution in [0.3, 0.4) is 0 Å². The molecule has 0 heterocycles. The molecule has 31 heavy (non-hydrogen) atoms. The van der Waals surface area contributed by atoms with Gasteiger partial charge in [0.2, 0.25) is 5.78 Å². The highest BCUT2D eigenvalue weighted by Crippen LogP contribution is 2.67. The molecule has 3 fully saturated rings. The van der Waals surface area contributed by atoms with Crippen molar-refractivity contribution in [2.75, 3.05) is 6.61 Å². The van der Waals surface area contributed by atoms with Gasteiger partial charge in [0.05, 0.1) is 6.10 Å². The largest absolute Gasteiger partial charge is 0.454 e. The monoisotopic (exact) mass is 428 g/mol. The molecule has 6 nitrogen and oxygen atoms in total. The van der Waals surface area contributed by atoms with E-state index in [9.17, 15) is 24.6 Å². The molecule has 168 valence electrons. The average molecular weight is 429 g/mol. The third kappa shape index (κ3) is 3.18. The minimum absolute atomic E-state index is 0.00522. The number of Topliss-reactive ketones (excluding diaryl/α,β-unsaturated/α-hetero) is 1. The van der Waals surface area contributed by atoms with Crippen LogP contribution < -0.4 is 0 Å². The molecule has 0 aromatic carbocycles. The Kier molecular flexibility index (Phi) is 5.38. The molecule has 7 atom stereocenters. The highest BCUT2D eigenvalue weighted by molar-refractivity contribution is 6.01. The fourth-order valence-electron chi connectivity index (χ4n) is 7.23. The summed E-state index contributed by atoms with van der Waals surface area (Å²) >= 11 is 0. The van der Waals surface area contributed by atoms with Gasteiger partial charge in [-0.3, -0.25) is 9.59 Å². The molecule has 0 saturated heterocycles. The topological polar surface area (TPSA) is 101 Å². The van der Waals surface area contributed by atoms with E-state index in [4.69, 9.17) is 4.74 Å². The Morgan fingerprint density at radius 2 is 2.03 bits per heavy atom. The van der Waals surface area contributed by atoms with Gasteiger partial charge in [0.15, 0.2) is 12.4 Å². The number of ether oxygens (including phenoxy) is 1. The minimum Gasteiger partial charge on any atom is -0.454 e. The Labute approximate surface area is 183 Å². The molecule has 0 aromatic heterocycles. The molecule has 4 aliphatic rings. The maximum absolute atomic E-state index is 13.0. The number of carbonyl (C=O) groups is 3. The van der Waals surface area contributed by atoms with Crippen LogP contribution in [0.1, 0.15) is 52.9 Å². The van der Waals surface area contributed by atoms with Crippen LogP contribution in [0, 0.1) is 28.6 Å². The zero-order valence-electron chi connectivity index (χ0n) is 18.5. The number of carbonyl (C=O) groups excluding carboxylic acids is 3. The van der Waals surface area contributed by atoms with Crippen molar-refractivity contribution in [3.8, 4) is 0 Å². The van der Waals surface area contributed by atoms with E-state index in [2.05, 4.69) is 6.92 Å². The van der Waals surface area contributed by atoms with E-state index in [-0.39, 0.29) is 29.0 Å². The van der Waals surface area contributed by atoms with Crippen molar-refractivity contribution < 1.29 is 29.3 Å². The van der Waals surface area contributed by atoms with Gasteiger partial charge in [-0.2, -0.15) is 0 Å². The number of fused-ring (bicyclic) bond motifs is 5. The van der Waals surface area contributed by atoms with Crippen LogP contribution in [0.25, 0.3) is 0 Å². The van der Waals surface area contributed by atoms with E-state index >= 15 is 0 Å². The van der Waals surface area contributed by atoms with Gasteiger partial charge in [0.25, 0.3) is 0 Å². The van der Waals surface area contributed by atoms with Gasteiger partial charge < -0.3 is 14.9 Å². The standard InChI is InChI=1S/C25H32O6/c1-4-5-21(29)31-14-20(28)25(30)11-9-18-17-7-6-15-12-16(26)8-10-23(15,2)22(17)19(27)13-24(18,25)3/h4-5,8,10,12,17-19,22,27,30H,6-7,9,11,13-14H2,1-3H3/b5-4+/t17-,18-,19+,22+,23+,24+,25-/m1/s1. The highest BCUT2D eigenvalue weighted by atomic mass is 16.5. The summed E-state index contributed by atoms with van der Waals surface area (Å²) in [5.74, 6) is -0.950. The fraction of sp³-hybridized carbons (Fsp3) is 0.640. The van der Waals surface area contributed by atoms with Crippen LogP contribution in [0.15, 0.2) is 36.0 Å². The summed E-state index contributed by atoms with van der Waals surface area (Å²) in [6, 6.07) is 0. The Morgan fingerprint density at radius 1 is 1.29 bits per heavy atom. The van der Waals surface area contributed by atoms with Crippen molar-refractivity contribution in [2.24, 2.45) is 28.6 Å². The van der Waals surface area contributed by atoms with Crippen molar-refractivity contribution in [3.05, 3.63) is 36.0 Å². The minimum atomic E-state index is -1.63. The smallest absolute Gasteiger partial charge is 0.330 e. The lowest BCUT2D eigenvalue weighted by Gasteiger charge is -2.59. The number of esters is 1. The first-order chi connectivity index (χ1) is 14.6. The summed E-state index contributed by atoms with van der Waals surface area (Å²) in [5.41, 5.74) is -1.73. The van der Waals surface area contributed by atoms with Crippen molar-refractivity contribution >= 4 is 17.5 Å². The average Bonchev–Trinajstić information content (AvgIpc) is 2.98. The van der Waals surface area contributed by atoms with Gasteiger partial charge in [-0.15, -0.1) is 0 Å². The van der Waals surface area contributed by atoms with Crippen LogP contribution in [0.2, 0.25) is 0 Å². The SMILES string of the molecule is C/C=C/C(=O)OCC(=O)[C@]1(O)CC[C@@H]2[C@H]3CCC4=CC(=O)C=C[C@]4(C)[C@@H]3[C@@H](O)C[C@@]21C. The third-order valence-corrected chi connectivity index (χ3v) is 8.76. The van der Waals surface area contributed by atoms with Crippen molar-refractivity contribution in [1.82, 2.24) is 0 Å². The van der Waals surface area contributed by atoms with E-state index in [0.717, 1.165) is 18.4 Å². The van der Waals surface area contributed by atoms with Crippen LogP contribution in [0.5, 0.6) is 0 Å². The summed E-state index contributed by atoms with van der Waals surface area (Å²) < 4.78 is 5.03. The van der Waals surface area contributed by atoms with E-state index < -0.39 is 35.5 Å². The van der Waals surface area contributed by atoms with Gasteiger partial charge in [0, 0.05) is 22.8 Å². The molecule has 2 N–H and O–H groups in total. The van der Waals surface area contributed by atoms with Gasteiger partial charge >= 0.3 is 5.97 Å². The third-order valence-electron chi connectivity index (χ3n) is 8.76. The van der Waals surface area contributed by atoms with Gasteiger partial charge in [-0.05, 0) is 63.0 Å². The molecule has 3 saturated carbocycles. The Hall–Kier alpha value is -2.05. The molecule has 4 rings (SSSR count). The first-order valence-corrected chi connectivity index (χ1v) is 11.2. The number of ketones is 2. The number of hydrogen-bond acceptors (Lipinski definition) is 6. The lowest BCUT2D eigenvalue weighted by molar-refractivity contribution is -0.180. The summed E-state index contributed by atoms with van der Waals surface area (Å²) in [5, 5.41) is 22.9. The predicted molar refractivity (Wildman–Crippen MR) is 114 cm³/mol. The molecule has 0 aromatic rings. The van der Waals surface area contributed by atoms with Crippen LogP contribution in [-0.4, -0.2) is 46.1 Å². The number of allylic oxidation sites excluding steroid dienone is 5. The Morgan fingerprint density at radius 3 is 2.74 bits per heavy atom. The normalized spacial score (nSPS) is 43.8. The molecule has 6 heteroatoms. The lowest BCUT2D eigenvalue weighted by atomic mass is 9.46.